The van der Waals surface area contributed by atoms with E-state index in [0.29, 0.717) is 15.1 Å². The first-order chi connectivity index (χ1) is 7.59. The highest BCUT2D eigenvalue weighted by Crippen LogP contribution is 2.25. The normalized spacial score (nSPS) is 10.4. The molecule has 0 aliphatic heterocycles. The Morgan fingerprint density at radius 2 is 2.12 bits per heavy atom. The molecule has 2 aromatic rings. The highest BCUT2D eigenvalue weighted by atomic mass is 79.9. The molecule has 4 heteroatoms. The minimum atomic E-state index is -0.220. The number of hydrogen-bond acceptors (Lipinski definition) is 2. The van der Waals surface area contributed by atoms with Crippen LogP contribution in [0.5, 0.6) is 0 Å². The molecular formula is C12H8BrClO2. The van der Waals surface area contributed by atoms with Crippen molar-refractivity contribution in [3.8, 4) is 0 Å². The summed E-state index contributed by atoms with van der Waals surface area (Å²) in [6.45, 7) is 1.92. The van der Waals surface area contributed by atoms with Crippen molar-refractivity contribution in [1.29, 1.82) is 0 Å². The third-order valence-corrected chi connectivity index (χ3v) is 3.13. The van der Waals surface area contributed by atoms with Gasteiger partial charge >= 0.3 is 0 Å². The molecular weight excluding hydrogens is 291 g/mol. The molecule has 0 aliphatic rings. The maximum absolute atomic E-state index is 12.1. The molecule has 0 spiro atoms. The van der Waals surface area contributed by atoms with Crippen molar-refractivity contribution in [3.05, 3.63) is 56.9 Å². The second-order valence-electron chi connectivity index (χ2n) is 3.41. The largest absolute Gasteiger partial charge is 0.460 e. The van der Waals surface area contributed by atoms with Crippen LogP contribution in [0.2, 0.25) is 5.02 Å². The third kappa shape index (κ3) is 2.06. The number of aryl methyl sites for hydroxylation is 1. The lowest BCUT2D eigenvalue weighted by molar-refractivity contribution is 0.101. The van der Waals surface area contributed by atoms with E-state index in [2.05, 4.69) is 15.9 Å². The maximum atomic E-state index is 12.1. The Morgan fingerprint density at radius 1 is 1.38 bits per heavy atom. The van der Waals surface area contributed by atoms with E-state index < -0.39 is 0 Å². The Bertz CT molecular complexity index is 546. The standard InChI is InChI=1S/C12H8BrClO2/c1-7-2-3-8(10(14)6-7)11(15)12-9(13)4-5-16-12/h2-6H,1H3. The second-order valence-corrected chi connectivity index (χ2v) is 4.67. The van der Waals surface area contributed by atoms with E-state index in [1.54, 1.807) is 18.2 Å². The molecule has 2 nitrogen and oxygen atoms in total. The van der Waals surface area contributed by atoms with Gasteiger partial charge in [0.05, 0.1) is 15.8 Å². The number of benzene rings is 1. The van der Waals surface area contributed by atoms with Gasteiger partial charge in [-0.15, -0.1) is 0 Å². The van der Waals surface area contributed by atoms with Crippen molar-refractivity contribution in [2.45, 2.75) is 6.92 Å². The molecule has 0 saturated carbocycles. The fourth-order valence-corrected chi connectivity index (χ4v) is 2.08. The monoisotopic (exact) mass is 298 g/mol. The van der Waals surface area contributed by atoms with Crippen LogP contribution in [-0.2, 0) is 0 Å². The van der Waals surface area contributed by atoms with Crippen molar-refractivity contribution in [1.82, 2.24) is 0 Å². The van der Waals surface area contributed by atoms with Gasteiger partial charge in [-0.1, -0.05) is 17.7 Å². The molecule has 0 bridgehead atoms. The number of carbonyl (C=O) groups is 1. The van der Waals surface area contributed by atoms with Crippen LogP contribution < -0.4 is 0 Å². The van der Waals surface area contributed by atoms with E-state index in [4.69, 9.17) is 16.0 Å². The van der Waals surface area contributed by atoms with Crippen molar-refractivity contribution in [2.75, 3.05) is 0 Å². The van der Waals surface area contributed by atoms with Gasteiger partial charge in [-0.3, -0.25) is 4.79 Å². The first kappa shape index (κ1) is 11.4. The second kappa shape index (κ2) is 4.44. The van der Waals surface area contributed by atoms with Crippen LogP contribution in [0, 0.1) is 6.92 Å². The number of hydrogen-bond donors (Lipinski definition) is 0. The van der Waals surface area contributed by atoms with E-state index in [1.165, 1.54) is 6.26 Å². The lowest BCUT2D eigenvalue weighted by atomic mass is 10.1. The summed E-state index contributed by atoms with van der Waals surface area (Å²) in [7, 11) is 0. The lowest BCUT2D eigenvalue weighted by Gasteiger charge is -2.02. The van der Waals surface area contributed by atoms with Gasteiger partial charge in [-0.05, 0) is 46.6 Å². The first-order valence-electron chi connectivity index (χ1n) is 4.63. The number of rotatable bonds is 2. The van der Waals surface area contributed by atoms with Crippen molar-refractivity contribution >= 4 is 33.3 Å². The van der Waals surface area contributed by atoms with Gasteiger partial charge in [-0.25, -0.2) is 0 Å². The Kier molecular flexibility index (Phi) is 3.17. The van der Waals surface area contributed by atoms with Crippen molar-refractivity contribution in [2.24, 2.45) is 0 Å². The number of furan rings is 1. The number of carbonyl (C=O) groups excluding carboxylic acids is 1. The topological polar surface area (TPSA) is 30.2 Å². The van der Waals surface area contributed by atoms with Gasteiger partial charge in [0.15, 0.2) is 5.76 Å². The van der Waals surface area contributed by atoms with E-state index in [9.17, 15) is 4.79 Å². The van der Waals surface area contributed by atoms with Crippen LogP contribution in [-0.4, -0.2) is 5.78 Å². The van der Waals surface area contributed by atoms with Gasteiger partial charge in [0.25, 0.3) is 0 Å². The van der Waals surface area contributed by atoms with Gasteiger partial charge in [0.1, 0.15) is 0 Å². The Balaban J connectivity index is 2.46. The zero-order chi connectivity index (χ0) is 11.7. The van der Waals surface area contributed by atoms with E-state index in [0.717, 1.165) is 5.56 Å². The van der Waals surface area contributed by atoms with Gasteiger partial charge in [-0.2, -0.15) is 0 Å². The molecule has 1 aromatic heterocycles. The molecule has 82 valence electrons. The average Bonchev–Trinajstić information content (AvgIpc) is 2.63. The minimum absolute atomic E-state index is 0.220. The molecule has 0 atom stereocenters. The molecule has 2 rings (SSSR count). The molecule has 0 radical (unpaired) electrons. The fraction of sp³-hybridized carbons (Fsp3) is 0.0833. The zero-order valence-corrected chi connectivity index (χ0v) is 10.8. The van der Waals surface area contributed by atoms with Crippen molar-refractivity contribution in [3.63, 3.8) is 0 Å². The van der Waals surface area contributed by atoms with Gasteiger partial charge in [0.2, 0.25) is 5.78 Å². The van der Waals surface area contributed by atoms with Crippen LogP contribution in [0.25, 0.3) is 0 Å². The van der Waals surface area contributed by atoms with Crippen molar-refractivity contribution < 1.29 is 9.21 Å². The van der Waals surface area contributed by atoms with Gasteiger partial charge < -0.3 is 4.42 Å². The summed E-state index contributed by atoms with van der Waals surface area (Å²) in [6.07, 6.45) is 1.46. The molecule has 0 unspecified atom stereocenters. The van der Waals surface area contributed by atoms with Crippen LogP contribution in [0.4, 0.5) is 0 Å². The first-order valence-corrected chi connectivity index (χ1v) is 5.80. The van der Waals surface area contributed by atoms with E-state index >= 15 is 0 Å². The molecule has 0 amide bonds. The molecule has 1 heterocycles. The van der Waals surface area contributed by atoms with Crippen LogP contribution in [0.15, 0.2) is 39.4 Å². The predicted molar refractivity (Wildman–Crippen MR) is 66.0 cm³/mol. The zero-order valence-electron chi connectivity index (χ0n) is 8.46. The smallest absolute Gasteiger partial charge is 0.230 e. The molecule has 0 N–H and O–H groups in total. The van der Waals surface area contributed by atoms with E-state index in [1.807, 2.05) is 13.0 Å². The molecule has 0 fully saturated rings. The molecule has 16 heavy (non-hydrogen) atoms. The summed E-state index contributed by atoms with van der Waals surface area (Å²) in [6, 6.07) is 6.98. The summed E-state index contributed by atoms with van der Waals surface area (Å²) in [4.78, 5) is 12.1. The summed E-state index contributed by atoms with van der Waals surface area (Å²) in [5.41, 5.74) is 1.46. The molecule has 0 aliphatic carbocycles. The average molecular weight is 300 g/mol. The highest BCUT2D eigenvalue weighted by molar-refractivity contribution is 9.10. The molecule has 1 aromatic carbocycles. The maximum Gasteiger partial charge on any atom is 0.230 e. The lowest BCUT2D eigenvalue weighted by Crippen LogP contribution is -2.01. The summed E-state index contributed by atoms with van der Waals surface area (Å²) < 4.78 is 5.74. The van der Waals surface area contributed by atoms with Crippen LogP contribution in [0.1, 0.15) is 21.7 Å². The summed E-state index contributed by atoms with van der Waals surface area (Å²) in [5, 5.41) is 0.438. The number of halogens is 2. The fourth-order valence-electron chi connectivity index (χ4n) is 1.38. The Morgan fingerprint density at radius 3 is 2.69 bits per heavy atom. The Labute approximate surface area is 106 Å². The van der Waals surface area contributed by atoms with Crippen LogP contribution in [0.3, 0.4) is 0 Å². The van der Waals surface area contributed by atoms with Gasteiger partial charge in [0, 0.05) is 5.56 Å². The summed E-state index contributed by atoms with van der Waals surface area (Å²) >= 11 is 9.26. The predicted octanol–water partition coefficient (Wildman–Crippen LogP) is 4.23. The summed E-state index contributed by atoms with van der Waals surface area (Å²) in [5.74, 6) is 0.0487. The van der Waals surface area contributed by atoms with Crippen LogP contribution >= 0.6 is 27.5 Å². The van der Waals surface area contributed by atoms with E-state index in [-0.39, 0.29) is 11.5 Å². The minimum Gasteiger partial charge on any atom is -0.460 e. The SMILES string of the molecule is Cc1ccc(C(=O)c2occc2Br)c(Cl)c1. The Hall–Kier alpha value is -1.06. The molecule has 0 saturated heterocycles. The third-order valence-electron chi connectivity index (χ3n) is 2.19. The number of ketones is 1. The quantitative estimate of drug-likeness (QED) is 0.777. The highest BCUT2D eigenvalue weighted by Gasteiger charge is 2.18.